The van der Waals surface area contributed by atoms with Gasteiger partial charge in [-0.1, -0.05) is 11.6 Å². The van der Waals surface area contributed by atoms with Gasteiger partial charge in [0.25, 0.3) is 0 Å². The lowest BCUT2D eigenvalue weighted by Gasteiger charge is -1.96. The van der Waals surface area contributed by atoms with Gasteiger partial charge in [0.05, 0.1) is 5.02 Å². The Hall–Kier alpha value is 0.650. The highest BCUT2D eigenvalue weighted by Gasteiger charge is 2.02. The molecule has 4 heteroatoms. The Kier molecular flexibility index (Phi) is 2.94. The van der Waals surface area contributed by atoms with Gasteiger partial charge in [-0.3, -0.25) is 0 Å². The average molecular weight is 335 g/mol. The van der Waals surface area contributed by atoms with Gasteiger partial charge < -0.3 is 0 Å². The zero-order valence-electron chi connectivity index (χ0n) is 4.67. The second-order valence-electron chi connectivity index (χ2n) is 1.68. The predicted octanol–water partition coefficient (Wildman–Crippen LogP) is 3.85. The van der Waals surface area contributed by atoms with E-state index in [1.54, 1.807) is 6.07 Å². The number of rotatable bonds is 0. The van der Waals surface area contributed by atoms with Crippen LogP contribution >= 0.6 is 50.1 Å². The molecular formula is C6H2BrClFI. The highest BCUT2D eigenvalue weighted by Crippen LogP contribution is 2.25. The number of benzene rings is 1. The normalized spacial score (nSPS) is 10.0. The van der Waals surface area contributed by atoms with Gasteiger partial charge in [-0.2, -0.15) is 0 Å². The molecule has 10 heavy (non-hydrogen) atoms. The van der Waals surface area contributed by atoms with Crippen molar-refractivity contribution in [3.05, 3.63) is 31.0 Å². The molecule has 0 aromatic heterocycles. The number of halogens is 4. The lowest BCUT2D eigenvalue weighted by atomic mass is 10.3. The van der Waals surface area contributed by atoms with Crippen LogP contribution in [0.4, 0.5) is 4.39 Å². The standard InChI is InChI=1S/C6H2BrClFI/c7-3-1-5(9)4(8)2-6(3)10/h1-2H. The van der Waals surface area contributed by atoms with Crippen LogP contribution in [0.25, 0.3) is 0 Å². The van der Waals surface area contributed by atoms with Crippen LogP contribution in [0.2, 0.25) is 5.02 Å². The van der Waals surface area contributed by atoms with Gasteiger partial charge in [0.15, 0.2) is 0 Å². The summed E-state index contributed by atoms with van der Waals surface area (Å²) in [6.45, 7) is 0. The summed E-state index contributed by atoms with van der Waals surface area (Å²) in [6.07, 6.45) is 0. The SMILES string of the molecule is Fc1cc(Br)c(I)cc1Cl. The van der Waals surface area contributed by atoms with Crippen LogP contribution in [-0.2, 0) is 0 Å². The Morgan fingerprint density at radius 2 is 2.10 bits per heavy atom. The summed E-state index contributed by atoms with van der Waals surface area (Å²) in [4.78, 5) is 0. The fourth-order valence-electron chi connectivity index (χ4n) is 0.498. The van der Waals surface area contributed by atoms with E-state index in [9.17, 15) is 4.39 Å². The van der Waals surface area contributed by atoms with Gasteiger partial charge in [0.2, 0.25) is 0 Å². The molecule has 54 valence electrons. The third-order valence-corrected chi connectivity index (χ3v) is 3.54. The lowest BCUT2D eigenvalue weighted by Crippen LogP contribution is -1.80. The fraction of sp³-hybridized carbons (Fsp3) is 0. The first-order valence-electron chi connectivity index (χ1n) is 2.41. The van der Waals surface area contributed by atoms with Gasteiger partial charge in [-0.05, 0) is 50.7 Å². The molecule has 0 fully saturated rings. The molecule has 0 amide bonds. The molecule has 0 bridgehead atoms. The van der Waals surface area contributed by atoms with Crippen molar-refractivity contribution in [2.24, 2.45) is 0 Å². The molecule has 0 aliphatic carbocycles. The number of hydrogen-bond acceptors (Lipinski definition) is 0. The minimum atomic E-state index is -0.394. The van der Waals surface area contributed by atoms with E-state index in [0.29, 0.717) is 0 Å². The molecule has 0 saturated carbocycles. The monoisotopic (exact) mass is 334 g/mol. The first-order valence-corrected chi connectivity index (χ1v) is 4.66. The fourth-order valence-corrected chi connectivity index (χ4v) is 1.63. The molecule has 0 atom stereocenters. The second kappa shape index (κ2) is 3.36. The summed E-state index contributed by atoms with van der Waals surface area (Å²) >= 11 is 10.7. The van der Waals surface area contributed by atoms with Crippen LogP contribution in [0.5, 0.6) is 0 Å². The molecule has 0 aliphatic rings. The Balaban J connectivity index is 3.28. The average Bonchev–Trinajstić information content (AvgIpc) is 1.84. The van der Waals surface area contributed by atoms with Crippen molar-refractivity contribution in [2.45, 2.75) is 0 Å². The maximum atomic E-state index is 12.6. The van der Waals surface area contributed by atoms with Crippen molar-refractivity contribution in [3.8, 4) is 0 Å². The first kappa shape index (κ1) is 8.74. The van der Waals surface area contributed by atoms with Crippen molar-refractivity contribution in [3.63, 3.8) is 0 Å². The van der Waals surface area contributed by atoms with Crippen molar-refractivity contribution in [1.82, 2.24) is 0 Å². The van der Waals surface area contributed by atoms with Crippen LogP contribution in [0.3, 0.4) is 0 Å². The molecule has 0 saturated heterocycles. The topological polar surface area (TPSA) is 0 Å². The summed E-state index contributed by atoms with van der Waals surface area (Å²) < 4.78 is 14.2. The highest BCUT2D eigenvalue weighted by atomic mass is 127. The van der Waals surface area contributed by atoms with Gasteiger partial charge in [0.1, 0.15) is 5.82 Å². The molecule has 0 unspecified atom stereocenters. The summed E-state index contributed by atoms with van der Waals surface area (Å²) in [5.41, 5.74) is 0. The van der Waals surface area contributed by atoms with Gasteiger partial charge in [0, 0.05) is 8.04 Å². The predicted molar refractivity (Wildman–Crippen MR) is 51.8 cm³/mol. The number of hydrogen-bond donors (Lipinski definition) is 0. The van der Waals surface area contributed by atoms with Crippen molar-refractivity contribution in [1.29, 1.82) is 0 Å². The molecule has 0 heterocycles. The molecular weight excluding hydrogens is 333 g/mol. The quantitative estimate of drug-likeness (QED) is 0.499. The van der Waals surface area contributed by atoms with E-state index in [4.69, 9.17) is 11.6 Å². The minimum Gasteiger partial charge on any atom is -0.205 e. The van der Waals surface area contributed by atoms with Crippen molar-refractivity contribution >= 4 is 50.1 Å². The van der Waals surface area contributed by atoms with Crippen LogP contribution in [-0.4, -0.2) is 0 Å². The second-order valence-corrected chi connectivity index (χ2v) is 4.10. The van der Waals surface area contributed by atoms with E-state index in [1.807, 2.05) is 0 Å². The van der Waals surface area contributed by atoms with E-state index in [1.165, 1.54) is 6.07 Å². The van der Waals surface area contributed by atoms with Crippen molar-refractivity contribution in [2.75, 3.05) is 0 Å². The van der Waals surface area contributed by atoms with E-state index < -0.39 is 5.82 Å². The maximum Gasteiger partial charge on any atom is 0.142 e. The molecule has 0 spiro atoms. The van der Waals surface area contributed by atoms with Crippen molar-refractivity contribution < 1.29 is 4.39 Å². The molecule has 0 N–H and O–H groups in total. The zero-order valence-corrected chi connectivity index (χ0v) is 9.17. The smallest absolute Gasteiger partial charge is 0.142 e. The molecule has 0 aliphatic heterocycles. The zero-order chi connectivity index (χ0) is 7.72. The largest absolute Gasteiger partial charge is 0.205 e. The van der Waals surface area contributed by atoms with Gasteiger partial charge in [-0.25, -0.2) is 4.39 Å². The molecule has 1 aromatic rings. The van der Waals surface area contributed by atoms with Crippen LogP contribution in [0.1, 0.15) is 0 Å². The van der Waals surface area contributed by atoms with Crippen LogP contribution in [0.15, 0.2) is 16.6 Å². The minimum absolute atomic E-state index is 0.160. The molecule has 1 aromatic carbocycles. The third-order valence-electron chi connectivity index (χ3n) is 0.963. The molecule has 0 radical (unpaired) electrons. The van der Waals surface area contributed by atoms with E-state index in [0.717, 1.165) is 8.04 Å². The van der Waals surface area contributed by atoms with Crippen LogP contribution in [0, 0.1) is 9.39 Å². The first-order chi connectivity index (χ1) is 4.61. The molecule has 0 nitrogen and oxygen atoms in total. The highest BCUT2D eigenvalue weighted by molar-refractivity contribution is 14.1. The Morgan fingerprint density at radius 3 is 2.60 bits per heavy atom. The Labute approximate surface area is 85.0 Å². The van der Waals surface area contributed by atoms with E-state index in [2.05, 4.69) is 38.5 Å². The van der Waals surface area contributed by atoms with Crippen LogP contribution < -0.4 is 0 Å². The molecule has 1 rings (SSSR count). The van der Waals surface area contributed by atoms with E-state index in [-0.39, 0.29) is 5.02 Å². The lowest BCUT2D eigenvalue weighted by molar-refractivity contribution is 0.627. The third kappa shape index (κ3) is 1.83. The van der Waals surface area contributed by atoms with Gasteiger partial charge in [-0.15, -0.1) is 0 Å². The summed E-state index contributed by atoms with van der Waals surface area (Å²) in [6, 6.07) is 2.92. The van der Waals surface area contributed by atoms with Gasteiger partial charge >= 0.3 is 0 Å². The summed E-state index contributed by atoms with van der Waals surface area (Å²) in [5.74, 6) is -0.394. The van der Waals surface area contributed by atoms with E-state index >= 15 is 0 Å². The maximum absolute atomic E-state index is 12.6. The summed E-state index contributed by atoms with van der Waals surface area (Å²) in [7, 11) is 0. The summed E-state index contributed by atoms with van der Waals surface area (Å²) in [5, 5.41) is 0.160. The Morgan fingerprint density at radius 1 is 1.50 bits per heavy atom. The Bertz CT molecular complexity index is 214.